The summed E-state index contributed by atoms with van der Waals surface area (Å²) in [6.07, 6.45) is 1.69. The van der Waals surface area contributed by atoms with E-state index in [-0.39, 0.29) is 10.8 Å². The summed E-state index contributed by atoms with van der Waals surface area (Å²) >= 11 is 0. The van der Waals surface area contributed by atoms with Gasteiger partial charge in [-0.1, -0.05) is 41.5 Å². The molecule has 0 fully saturated rings. The molecule has 0 atom stereocenters. The average Bonchev–Trinajstić information content (AvgIpc) is 2.25. The molecule has 0 spiro atoms. The molecule has 2 heterocycles. The number of nitrogens with zero attached hydrogens (tertiary/aromatic N) is 3. The SMILES string of the molecule is CC(C)(C)c1cc2nnccc2nc1C(C)(C)C. The van der Waals surface area contributed by atoms with Gasteiger partial charge in [0.15, 0.2) is 0 Å². The van der Waals surface area contributed by atoms with Gasteiger partial charge in [0.1, 0.15) is 5.52 Å². The molecule has 0 aliphatic rings. The standard InChI is InChI=1S/C15H21N3/c1-14(2,3)10-9-12-11(7-8-16-18-12)17-13(10)15(4,5)6/h7-9H,1-6H3. The van der Waals surface area contributed by atoms with Gasteiger partial charge in [0, 0.05) is 5.41 Å². The molecule has 96 valence electrons. The predicted molar refractivity (Wildman–Crippen MR) is 74.7 cm³/mol. The van der Waals surface area contributed by atoms with Gasteiger partial charge in [-0.3, -0.25) is 4.98 Å². The zero-order valence-corrected chi connectivity index (χ0v) is 12.1. The zero-order chi connectivity index (χ0) is 13.6. The Bertz CT molecular complexity index is 522. The van der Waals surface area contributed by atoms with Crippen molar-refractivity contribution in [3.63, 3.8) is 0 Å². The highest BCUT2D eigenvalue weighted by Gasteiger charge is 2.27. The molecular weight excluding hydrogens is 222 g/mol. The maximum Gasteiger partial charge on any atom is 0.112 e. The summed E-state index contributed by atoms with van der Waals surface area (Å²) in [5.41, 5.74) is 4.28. The summed E-state index contributed by atoms with van der Waals surface area (Å²) in [6, 6.07) is 4.06. The molecule has 2 aromatic heterocycles. The van der Waals surface area contributed by atoms with E-state index in [0.717, 1.165) is 16.7 Å². The van der Waals surface area contributed by atoms with E-state index in [0.29, 0.717) is 0 Å². The van der Waals surface area contributed by atoms with Crippen molar-refractivity contribution in [2.75, 3.05) is 0 Å². The maximum atomic E-state index is 4.81. The highest BCUT2D eigenvalue weighted by Crippen LogP contribution is 2.33. The second kappa shape index (κ2) is 4.01. The van der Waals surface area contributed by atoms with Crippen molar-refractivity contribution in [2.24, 2.45) is 0 Å². The number of rotatable bonds is 0. The van der Waals surface area contributed by atoms with Gasteiger partial charge < -0.3 is 0 Å². The van der Waals surface area contributed by atoms with Crippen molar-refractivity contribution in [3.05, 3.63) is 29.6 Å². The van der Waals surface area contributed by atoms with Crippen LogP contribution in [0.15, 0.2) is 18.3 Å². The first-order valence-electron chi connectivity index (χ1n) is 6.33. The summed E-state index contributed by atoms with van der Waals surface area (Å²) in [4.78, 5) is 4.81. The Morgan fingerprint density at radius 3 is 2.11 bits per heavy atom. The first kappa shape index (κ1) is 12.9. The number of pyridine rings is 1. The molecule has 18 heavy (non-hydrogen) atoms. The number of fused-ring (bicyclic) bond motifs is 1. The molecule has 0 aliphatic carbocycles. The Hall–Kier alpha value is -1.51. The molecule has 2 rings (SSSR count). The molecule has 0 saturated heterocycles. The minimum absolute atomic E-state index is 0.0279. The number of hydrogen-bond acceptors (Lipinski definition) is 3. The van der Waals surface area contributed by atoms with Crippen molar-refractivity contribution in [1.29, 1.82) is 0 Å². The lowest BCUT2D eigenvalue weighted by Gasteiger charge is -2.29. The van der Waals surface area contributed by atoms with Crippen molar-refractivity contribution in [2.45, 2.75) is 52.4 Å². The van der Waals surface area contributed by atoms with Crippen LogP contribution in [0.4, 0.5) is 0 Å². The quantitative estimate of drug-likeness (QED) is 0.709. The monoisotopic (exact) mass is 243 g/mol. The number of hydrogen-bond donors (Lipinski definition) is 0. The molecule has 0 radical (unpaired) electrons. The molecule has 3 nitrogen and oxygen atoms in total. The van der Waals surface area contributed by atoms with Crippen LogP contribution in [0.3, 0.4) is 0 Å². The van der Waals surface area contributed by atoms with E-state index in [1.165, 1.54) is 5.56 Å². The minimum atomic E-state index is 0.0279. The average molecular weight is 243 g/mol. The number of aromatic nitrogens is 3. The van der Waals surface area contributed by atoms with Crippen LogP contribution >= 0.6 is 0 Å². The largest absolute Gasteiger partial charge is 0.250 e. The molecule has 0 amide bonds. The lowest BCUT2D eigenvalue weighted by atomic mass is 9.78. The topological polar surface area (TPSA) is 38.7 Å². The molecule has 2 aromatic rings. The summed E-state index contributed by atoms with van der Waals surface area (Å²) in [5, 5.41) is 8.10. The lowest BCUT2D eigenvalue weighted by Crippen LogP contribution is -2.23. The molecule has 0 saturated carbocycles. The van der Waals surface area contributed by atoms with Crippen molar-refractivity contribution in [3.8, 4) is 0 Å². The Morgan fingerprint density at radius 1 is 0.889 bits per heavy atom. The van der Waals surface area contributed by atoms with Crippen molar-refractivity contribution in [1.82, 2.24) is 15.2 Å². The molecule has 3 heteroatoms. The van der Waals surface area contributed by atoms with Gasteiger partial charge in [-0.2, -0.15) is 5.10 Å². The molecule has 0 unspecified atom stereocenters. The van der Waals surface area contributed by atoms with Gasteiger partial charge in [-0.05, 0) is 23.1 Å². The fraction of sp³-hybridized carbons (Fsp3) is 0.533. The smallest absolute Gasteiger partial charge is 0.112 e. The zero-order valence-electron chi connectivity index (χ0n) is 12.1. The van der Waals surface area contributed by atoms with Crippen LogP contribution in [0, 0.1) is 0 Å². The Kier molecular flexibility index (Phi) is 2.88. The Balaban J connectivity index is 2.81. The predicted octanol–water partition coefficient (Wildman–Crippen LogP) is 3.62. The van der Waals surface area contributed by atoms with Gasteiger partial charge in [-0.25, -0.2) is 0 Å². The van der Waals surface area contributed by atoms with Crippen LogP contribution in [0.5, 0.6) is 0 Å². The van der Waals surface area contributed by atoms with E-state index in [2.05, 4.69) is 57.8 Å². The third kappa shape index (κ3) is 2.35. The summed E-state index contributed by atoms with van der Waals surface area (Å²) < 4.78 is 0. The van der Waals surface area contributed by atoms with Crippen LogP contribution < -0.4 is 0 Å². The van der Waals surface area contributed by atoms with E-state index in [1.54, 1.807) is 6.20 Å². The molecule has 0 aliphatic heterocycles. The molecule has 0 N–H and O–H groups in total. The third-order valence-corrected chi connectivity index (χ3v) is 3.01. The van der Waals surface area contributed by atoms with Crippen LogP contribution in [-0.4, -0.2) is 15.2 Å². The lowest BCUT2D eigenvalue weighted by molar-refractivity contribution is 0.516. The fourth-order valence-electron chi connectivity index (χ4n) is 2.06. The fourth-order valence-corrected chi connectivity index (χ4v) is 2.06. The van der Waals surface area contributed by atoms with Crippen molar-refractivity contribution < 1.29 is 0 Å². The van der Waals surface area contributed by atoms with E-state index in [4.69, 9.17) is 4.98 Å². The summed E-state index contributed by atoms with van der Waals surface area (Å²) in [6.45, 7) is 13.2. The van der Waals surface area contributed by atoms with Gasteiger partial charge in [0.05, 0.1) is 17.4 Å². The van der Waals surface area contributed by atoms with E-state index >= 15 is 0 Å². The molecular formula is C15H21N3. The van der Waals surface area contributed by atoms with Gasteiger partial charge in [0.25, 0.3) is 0 Å². The minimum Gasteiger partial charge on any atom is -0.250 e. The Morgan fingerprint density at radius 2 is 1.56 bits per heavy atom. The van der Waals surface area contributed by atoms with Crippen molar-refractivity contribution >= 4 is 11.0 Å². The van der Waals surface area contributed by atoms with E-state index in [1.807, 2.05) is 6.07 Å². The second-order valence-corrected chi connectivity index (χ2v) is 6.82. The van der Waals surface area contributed by atoms with Gasteiger partial charge >= 0.3 is 0 Å². The highest BCUT2D eigenvalue weighted by atomic mass is 15.1. The third-order valence-electron chi connectivity index (χ3n) is 3.01. The van der Waals surface area contributed by atoms with Crippen LogP contribution in [0.25, 0.3) is 11.0 Å². The van der Waals surface area contributed by atoms with Gasteiger partial charge in [0.2, 0.25) is 0 Å². The van der Waals surface area contributed by atoms with Crippen LogP contribution in [0.1, 0.15) is 52.8 Å². The summed E-state index contributed by atoms with van der Waals surface area (Å²) in [5.74, 6) is 0. The molecule has 0 aromatic carbocycles. The maximum absolute atomic E-state index is 4.81. The first-order chi connectivity index (χ1) is 8.19. The van der Waals surface area contributed by atoms with E-state index < -0.39 is 0 Å². The van der Waals surface area contributed by atoms with E-state index in [9.17, 15) is 0 Å². The Labute approximate surface area is 109 Å². The summed E-state index contributed by atoms with van der Waals surface area (Å²) in [7, 11) is 0. The second-order valence-electron chi connectivity index (χ2n) is 6.82. The highest BCUT2D eigenvalue weighted by molar-refractivity contribution is 5.74. The van der Waals surface area contributed by atoms with Crippen LogP contribution in [-0.2, 0) is 10.8 Å². The molecule has 0 bridgehead atoms. The first-order valence-corrected chi connectivity index (χ1v) is 6.33. The normalized spacial score (nSPS) is 13.0. The van der Waals surface area contributed by atoms with Gasteiger partial charge in [-0.15, -0.1) is 5.10 Å². The van der Waals surface area contributed by atoms with Crippen LogP contribution in [0.2, 0.25) is 0 Å².